The average Bonchev–Trinajstić information content (AvgIpc) is 2.92. The van der Waals surface area contributed by atoms with E-state index in [1.807, 2.05) is 13.8 Å². The van der Waals surface area contributed by atoms with Gasteiger partial charge in [-0.25, -0.2) is 0 Å². The van der Waals surface area contributed by atoms with E-state index < -0.39 is 61.2 Å². The Hall–Kier alpha value is -3.91. The largest absolute Gasteiger partial charge is 0.493 e. The Morgan fingerprint density at radius 1 is 0.833 bits per heavy atom. The van der Waals surface area contributed by atoms with Gasteiger partial charge in [-0.15, -0.1) is 0 Å². The van der Waals surface area contributed by atoms with Crippen LogP contribution in [-0.4, -0.2) is 105 Å². The van der Waals surface area contributed by atoms with Crippen molar-refractivity contribution >= 4 is 29.8 Å². The van der Waals surface area contributed by atoms with E-state index in [1.165, 1.54) is 32.2 Å². The number of amides is 1. The monoisotopic (exact) mass is 596 g/mol. The molecule has 0 saturated carbocycles. The number of nitrogens with zero attached hydrogens (tertiary/aromatic N) is 1. The zero-order chi connectivity index (χ0) is 31.4. The highest BCUT2D eigenvalue weighted by Crippen LogP contribution is 2.35. The van der Waals surface area contributed by atoms with Gasteiger partial charge in [-0.05, 0) is 31.3 Å². The molecule has 14 nitrogen and oxygen atoms in total. The fraction of sp³-hybridized carbons (Fsp3) is 0.607. The van der Waals surface area contributed by atoms with E-state index >= 15 is 0 Å². The smallest absolute Gasteiger partial charge is 0.303 e. The second-order valence-corrected chi connectivity index (χ2v) is 9.33. The molecule has 2 rings (SSSR count). The molecule has 1 N–H and O–H groups in total. The predicted octanol–water partition coefficient (Wildman–Crippen LogP) is 1.23. The third-order valence-electron chi connectivity index (χ3n) is 6.23. The van der Waals surface area contributed by atoms with E-state index in [0.29, 0.717) is 18.7 Å². The highest BCUT2D eigenvalue weighted by Gasteiger charge is 2.53. The van der Waals surface area contributed by atoms with E-state index in [2.05, 4.69) is 10.2 Å². The van der Waals surface area contributed by atoms with Gasteiger partial charge in [0.25, 0.3) is 5.91 Å². The summed E-state index contributed by atoms with van der Waals surface area (Å²) in [5.41, 5.74) is 0.306. The van der Waals surface area contributed by atoms with Gasteiger partial charge in [0, 0.05) is 46.3 Å². The Labute approximate surface area is 244 Å². The summed E-state index contributed by atoms with van der Waals surface area (Å²) in [5, 5.41) is 2.86. The molecule has 1 aliphatic heterocycles. The summed E-state index contributed by atoms with van der Waals surface area (Å²) in [5.74, 6) is -3.00. The van der Waals surface area contributed by atoms with E-state index in [0.717, 1.165) is 33.9 Å². The van der Waals surface area contributed by atoms with Gasteiger partial charge in [0.2, 0.25) is 12.4 Å². The molecule has 0 aromatic heterocycles. The van der Waals surface area contributed by atoms with Gasteiger partial charge in [-0.3, -0.25) is 24.0 Å². The number of esters is 4. The molecule has 0 bridgehead atoms. The highest BCUT2D eigenvalue weighted by molar-refractivity contribution is 5.94. The third-order valence-corrected chi connectivity index (χ3v) is 6.23. The lowest BCUT2D eigenvalue weighted by atomic mass is 9.98. The van der Waals surface area contributed by atoms with Gasteiger partial charge in [0.05, 0.1) is 7.11 Å². The van der Waals surface area contributed by atoms with Gasteiger partial charge in [-0.2, -0.15) is 0 Å². The van der Waals surface area contributed by atoms with Crippen molar-refractivity contribution in [1.29, 1.82) is 0 Å². The molecule has 0 spiro atoms. The molecule has 1 amide bonds. The van der Waals surface area contributed by atoms with Crippen LogP contribution in [-0.2, 0) is 42.9 Å². The fourth-order valence-corrected chi connectivity index (χ4v) is 4.28. The number of carbonyl (C=O) groups excluding carboxylic acids is 5. The molecule has 42 heavy (non-hydrogen) atoms. The van der Waals surface area contributed by atoms with Crippen LogP contribution in [0.15, 0.2) is 18.2 Å². The molecule has 1 fully saturated rings. The maximum atomic E-state index is 12.7. The minimum atomic E-state index is -1.45. The van der Waals surface area contributed by atoms with Crippen molar-refractivity contribution in [2.24, 2.45) is 0 Å². The quantitative estimate of drug-likeness (QED) is 0.241. The van der Waals surface area contributed by atoms with Crippen molar-refractivity contribution in [1.82, 2.24) is 10.2 Å². The number of nitrogens with one attached hydrogen (secondary N) is 1. The first-order valence-electron chi connectivity index (χ1n) is 13.6. The van der Waals surface area contributed by atoms with Gasteiger partial charge in [-0.1, -0.05) is 13.8 Å². The van der Waals surface area contributed by atoms with E-state index in [9.17, 15) is 24.0 Å². The van der Waals surface area contributed by atoms with Crippen molar-refractivity contribution in [2.45, 2.75) is 72.2 Å². The number of likely N-dealkylation sites (N-methyl/N-ethyl adjacent to an activating group) is 1. The summed E-state index contributed by atoms with van der Waals surface area (Å²) in [7, 11) is 1.37. The minimum Gasteiger partial charge on any atom is -0.493 e. The molecule has 1 saturated heterocycles. The van der Waals surface area contributed by atoms with E-state index in [-0.39, 0.29) is 17.4 Å². The maximum Gasteiger partial charge on any atom is 0.303 e. The first-order valence-corrected chi connectivity index (χ1v) is 13.6. The van der Waals surface area contributed by atoms with Gasteiger partial charge in [0.15, 0.2) is 23.7 Å². The second kappa shape index (κ2) is 16.5. The summed E-state index contributed by atoms with van der Waals surface area (Å²) in [6, 6.07) is 4.44. The Kier molecular flexibility index (Phi) is 13.5. The first kappa shape index (κ1) is 34.3. The zero-order valence-electron chi connectivity index (χ0n) is 25.0. The predicted molar refractivity (Wildman–Crippen MR) is 146 cm³/mol. The lowest BCUT2D eigenvalue weighted by Gasteiger charge is -2.44. The Balaban J connectivity index is 2.39. The summed E-state index contributed by atoms with van der Waals surface area (Å²) in [6.07, 6.45) is -6.76. The van der Waals surface area contributed by atoms with Crippen molar-refractivity contribution in [2.75, 3.05) is 39.9 Å². The third kappa shape index (κ3) is 10.2. The number of rotatable bonds is 14. The summed E-state index contributed by atoms with van der Waals surface area (Å²) in [4.78, 5) is 62.4. The summed E-state index contributed by atoms with van der Waals surface area (Å²) in [6.45, 7) is 11.1. The molecule has 1 aliphatic rings. The lowest BCUT2D eigenvalue weighted by Crippen LogP contribution is -2.63. The number of carbonyl (C=O) groups is 5. The highest BCUT2D eigenvalue weighted by atomic mass is 16.7. The number of methoxy groups -OCH3 is 1. The molecule has 14 heteroatoms. The average molecular weight is 597 g/mol. The molecule has 1 aromatic carbocycles. The number of hydrogen-bond donors (Lipinski definition) is 1. The standard InChI is InChI=1S/C28H40N2O12/c1-8-30(9-2)13-12-29-27(35)20-10-11-21(22(14-20)36-7)41-28-26(40-19(6)34)25(39-18(5)33)24(38-17(4)32)23(42-28)15-37-16(3)31/h10-11,14,23-26,28H,8-9,12-13,15H2,1-7H3,(H,29,35)/t23-,24-,25+,26-,28-/m0/s1. The molecule has 0 radical (unpaired) electrons. The van der Waals surface area contributed by atoms with Crippen LogP contribution in [0.1, 0.15) is 51.9 Å². The summed E-state index contributed by atoms with van der Waals surface area (Å²) >= 11 is 0. The Morgan fingerprint density at radius 3 is 1.98 bits per heavy atom. The normalized spacial score (nSPS) is 21.6. The van der Waals surface area contributed by atoms with Crippen molar-refractivity contribution in [3.8, 4) is 11.5 Å². The SMILES string of the molecule is CCN(CC)CCNC(=O)c1ccc(O[C@H]2O[C@@H](COC(C)=O)[C@H](OC(C)=O)[C@@H](OC(C)=O)[C@@H]2OC(C)=O)c(OC)c1. The van der Waals surface area contributed by atoms with Crippen LogP contribution in [0.2, 0.25) is 0 Å². The van der Waals surface area contributed by atoms with Crippen LogP contribution in [0.5, 0.6) is 11.5 Å². The lowest BCUT2D eigenvalue weighted by molar-refractivity contribution is -0.288. The van der Waals surface area contributed by atoms with Crippen LogP contribution in [0.25, 0.3) is 0 Å². The minimum absolute atomic E-state index is 0.0955. The van der Waals surface area contributed by atoms with E-state index in [4.69, 9.17) is 33.2 Å². The van der Waals surface area contributed by atoms with Crippen molar-refractivity contribution < 1.29 is 57.1 Å². The van der Waals surface area contributed by atoms with Crippen molar-refractivity contribution in [3.63, 3.8) is 0 Å². The van der Waals surface area contributed by atoms with Crippen LogP contribution in [0, 0.1) is 0 Å². The second-order valence-electron chi connectivity index (χ2n) is 9.33. The topological polar surface area (TPSA) is 165 Å². The molecule has 0 unspecified atom stereocenters. The van der Waals surface area contributed by atoms with Gasteiger partial charge < -0.3 is 43.4 Å². The molecule has 5 atom stereocenters. The van der Waals surface area contributed by atoms with Crippen LogP contribution in [0.4, 0.5) is 0 Å². The summed E-state index contributed by atoms with van der Waals surface area (Å²) < 4.78 is 38.7. The molecular weight excluding hydrogens is 556 g/mol. The molecule has 234 valence electrons. The number of hydrogen-bond acceptors (Lipinski definition) is 13. The van der Waals surface area contributed by atoms with E-state index in [1.54, 1.807) is 0 Å². The van der Waals surface area contributed by atoms with Gasteiger partial charge >= 0.3 is 23.9 Å². The van der Waals surface area contributed by atoms with Crippen molar-refractivity contribution in [3.05, 3.63) is 23.8 Å². The van der Waals surface area contributed by atoms with Crippen LogP contribution in [0.3, 0.4) is 0 Å². The Morgan fingerprint density at radius 2 is 1.43 bits per heavy atom. The van der Waals surface area contributed by atoms with Crippen LogP contribution < -0.4 is 14.8 Å². The number of ether oxygens (including phenoxy) is 7. The van der Waals surface area contributed by atoms with Gasteiger partial charge in [0.1, 0.15) is 12.7 Å². The fourth-order valence-electron chi connectivity index (χ4n) is 4.28. The Bertz CT molecular complexity index is 1110. The molecular formula is C28H40N2O12. The van der Waals surface area contributed by atoms with Crippen LogP contribution >= 0.6 is 0 Å². The molecule has 1 aromatic rings. The number of benzene rings is 1. The molecule has 1 heterocycles. The maximum absolute atomic E-state index is 12.7. The first-order chi connectivity index (χ1) is 19.9. The molecule has 0 aliphatic carbocycles. The zero-order valence-corrected chi connectivity index (χ0v) is 25.0.